The molecule has 1 fully saturated rings. The van der Waals surface area contributed by atoms with Gasteiger partial charge in [0.2, 0.25) is 0 Å². The zero-order valence-electron chi connectivity index (χ0n) is 14.9. The van der Waals surface area contributed by atoms with Crippen LogP contribution in [-0.2, 0) is 11.3 Å². The highest BCUT2D eigenvalue weighted by atomic mass is 16.5. The fourth-order valence-corrected chi connectivity index (χ4v) is 3.27. The summed E-state index contributed by atoms with van der Waals surface area (Å²) in [6.07, 6.45) is 0. The van der Waals surface area contributed by atoms with E-state index in [0.29, 0.717) is 29.7 Å². The predicted octanol–water partition coefficient (Wildman–Crippen LogP) is 4.25. The second kappa shape index (κ2) is 7.01. The number of benzene rings is 1. The first-order valence-corrected chi connectivity index (χ1v) is 8.50. The van der Waals surface area contributed by atoms with E-state index in [-0.39, 0.29) is 0 Å². The summed E-state index contributed by atoms with van der Waals surface area (Å²) >= 11 is 0. The molecule has 2 rings (SSSR count). The van der Waals surface area contributed by atoms with Gasteiger partial charge in [-0.25, -0.2) is 0 Å². The molecule has 1 aliphatic rings. The Morgan fingerprint density at radius 1 is 1.05 bits per heavy atom. The van der Waals surface area contributed by atoms with Crippen molar-refractivity contribution in [1.82, 2.24) is 4.90 Å². The molecule has 3 heteroatoms. The molecule has 0 saturated carbocycles. The van der Waals surface area contributed by atoms with Gasteiger partial charge >= 0.3 is 0 Å². The van der Waals surface area contributed by atoms with Crippen molar-refractivity contribution in [2.75, 3.05) is 13.2 Å². The van der Waals surface area contributed by atoms with Crippen molar-refractivity contribution in [3.8, 4) is 5.75 Å². The molecule has 0 bridgehead atoms. The molecule has 0 spiro atoms. The van der Waals surface area contributed by atoms with Crippen molar-refractivity contribution in [3.05, 3.63) is 28.8 Å². The third-order valence-corrected chi connectivity index (χ3v) is 4.69. The predicted molar refractivity (Wildman–Crippen MR) is 91.6 cm³/mol. The Kier molecular flexibility index (Phi) is 5.51. The number of phenolic OH excluding ortho intramolecular Hbond substituents is 1. The smallest absolute Gasteiger partial charge is 0.122 e. The van der Waals surface area contributed by atoms with Crippen molar-refractivity contribution in [1.29, 1.82) is 0 Å². The van der Waals surface area contributed by atoms with Gasteiger partial charge in [-0.3, -0.25) is 4.90 Å². The van der Waals surface area contributed by atoms with Crippen molar-refractivity contribution in [2.24, 2.45) is 0 Å². The topological polar surface area (TPSA) is 32.7 Å². The van der Waals surface area contributed by atoms with E-state index in [1.807, 2.05) is 0 Å². The molecule has 22 heavy (non-hydrogen) atoms. The number of phenols is 1. The van der Waals surface area contributed by atoms with Crippen molar-refractivity contribution >= 4 is 0 Å². The highest BCUT2D eigenvalue weighted by Crippen LogP contribution is 2.35. The highest BCUT2D eigenvalue weighted by molar-refractivity contribution is 5.46. The van der Waals surface area contributed by atoms with Crippen molar-refractivity contribution in [2.45, 2.75) is 72.0 Å². The van der Waals surface area contributed by atoms with Gasteiger partial charge in [0.05, 0.1) is 13.2 Å². The van der Waals surface area contributed by atoms with Crippen LogP contribution < -0.4 is 0 Å². The summed E-state index contributed by atoms with van der Waals surface area (Å²) in [4.78, 5) is 2.50. The monoisotopic (exact) mass is 305 g/mol. The number of morpholine rings is 1. The minimum absolute atomic E-state index is 0.331. The summed E-state index contributed by atoms with van der Waals surface area (Å²) < 4.78 is 5.62. The maximum Gasteiger partial charge on any atom is 0.122 e. The van der Waals surface area contributed by atoms with Crippen molar-refractivity contribution < 1.29 is 9.84 Å². The molecule has 3 nitrogen and oxygen atoms in total. The summed E-state index contributed by atoms with van der Waals surface area (Å²) in [5.41, 5.74) is 3.43. The third-order valence-electron chi connectivity index (χ3n) is 4.69. The molecular weight excluding hydrogens is 274 g/mol. The van der Waals surface area contributed by atoms with Crippen LogP contribution in [-0.4, -0.2) is 35.3 Å². The van der Waals surface area contributed by atoms with Crippen LogP contribution >= 0.6 is 0 Å². The first-order chi connectivity index (χ1) is 10.3. The zero-order chi connectivity index (χ0) is 16.4. The van der Waals surface area contributed by atoms with Crippen LogP contribution in [0.5, 0.6) is 5.75 Å². The van der Waals surface area contributed by atoms with Crippen molar-refractivity contribution in [3.63, 3.8) is 0 Å². The van der Waals surface area contributed by atoms with Crippen LogP contribution in [0.25, 0.3) is 0 Å². The Labute approximate surface area is 135 Å². The molecule has 2 atom stereocenters. The normalized spacial score (nSPS) is 23.5. The lowest BCUT2D eigenvalue weighted by molar-refractivity contribution is -0.0409. The molecule has 0 radical (unpaired) electrons. The summed E-state index contributed by atoms with van der Waals surface area (Å²) in [5, 5.41) is 10.5. The maximum absolute atomic E-state index is 10.5. The molecule has 1 aromatic carbocycles. The van der Waals surface area contributed by atoms with Gasteiger partial charge in [0, 0.05) is 18.6 Å². The molecule has 0 aromatic heterocycles. The Bertz CT molecular complexity index is 471. The van der Waals surface area contributed by atoms with Crippen LogP contribution in [0, 0.1) is 0 Å². The number of rotatable bonds is 4. The van der Waals surface area contributed by atoms with Crippen LogP contribution in [0.15, 0.2) is 12.1 Å². The van der Waals surface area contributed by atoms with E-state index in [9.17, 15) is 5.11 Å². The van der Waals surface area contributed by atoms with Gasteiger partial charge < -0.3 is 9.84 Å². The Hall–Kier alpha value is -1.06. The molecule has 0 aliphatic carbocycles. The van der Waals surface area contributed by atoms with Gasteiger partial charge in [-0.05, 0) is 42.4 Å². The number of hydrogen-bond donors (Lipinski definition) is 1. The van der Waals surface area contributed by atoms with E-state index in [0.717, 1.165) is 30.9 Å². The first-order valence-electron chi connectivity index (χ1n) is 8.50. The Morgan fingerprint density at radius 3 is 1.91 bits per heavy atom. The first kappa shape index (κ1) is 17.3. The standard InChI is InChI=1S/C19H31NO2/c1-12(2)17-7-16(8-18(13(3)4)19(17)21)9-20-14(5)10-22-11-15(20)6/h7-8,12-15,21H,9-11H2,1-6H3/t14-,15-/m1/s1. The van der Waals surface area contributed by atoms with Crippen LogP contribution in [0.3, 0.4) is 0 Å². The minimum atomic E-state index is 0.331. The average Bonchev–Trinajstić information content (AvgIpc) is 2.43. The second-order valence-electron chi connectivity index (χ2n) is 7.34. The largest absolute Gasteiger partial charge is 0.507 e. The molecular formula is C19H31NO2. The van der Waals surface area contributed by atoms with Gasteiger partial charge in [0.25, 0.3) is 0 Å². The zero-order valence-corrected chi connectivity index (χ0v) is 14.9. The van der Waals surface area contributed by atoms with Gasteiger partial charge in [0.15, 0.2) is 0 Å². The Balaban J connectivity index is 2.34. The number of ether oxygens (including phenoxy) is 1. The molecule has 124 valence electrons. The SMILES string of the molecule is CC(C)c1cc(CN2[C@H](C)COC[C@H]2C)cc(C(C)C)c1O. The van der Waals surface area contributed by atoms with Gasteiger partial charge in [-0.2, -0.15) is 0 Å². The van der Waals surface area contributed by atoms with Crippen LogP contribution in [0.2, 0.25) is 0 Å². The second-order valence-corrected chi connectivity index (χ2v) is 7.34. The van der Waals surface area contributed by atoms with E-state index in [4.69, 9.17) is 4.74 Å². The van der Waals surface area contributed by atoms with Gasteiger partial charge in [0.1, 0.15) is 5.75 Å². The van der Waals surface area contributed by atoms with E-state index in [2.05, 4.69) is 58.6 Å². The molecule has 0 unspecified atom stereocenters. The lowest BCUT2D eigenvalue weighted by atomic mass is 9.91. The van der Waals surface area contributed by atoms with E-state index in [1.165, 1.54) is 5.56 Å². The molecule has 1 N–H and O–H groups in total. The lowest BCUT2D eigenvalue weighted by Crippen LogP contribution is -2.48. The number of aromatic hydroxyl groups is 1. The summed E-state index contributed by atoms with van der Waals surface area (Å²) in [7, 11) is 0. The molecule has 1 aliphatic heterocycles. The summed E-state index contributed by atoms with van der Waals surface area (Å²) in [6, 6.07) is 5.23. The van der Waals surface area contributed by atoms with Crippen LogP contribution in [0.1, 0.15) is 70.1 Å². The molecule has 1 saturated heterocycles. The fourth-order valence-electron chi connectivity index (χ4n) is 3.27. The maximum atomic E-state index is 10.5. The van der Waals surface area contributed by atoms with Gasteiger partial charge in [-0.1, -0.05) is 39.8 Å². The average molecular weight is 305 g/mol. The minimum Gasteiger partial charge on any atom is -0.507 e. The molecule has 0 amide bonds. The highest BCUT2D eigenvalue weighted by Gasteiger charge is 2.26. The van der Waals surface area contributed by atoms with E-state index < -0.39 is 0 Å². The number of nitrogens with zero attached hydrogens (tertiary/aromatic N) is 1. The molecule has 1 heterocycles. The molecule has 1 aromatic rings. The third kappa shape index (κ3) is 3.64. The van der Waals surface area contributed by atoms with Crippen LogP contribution in [0.4, 0.5) is 0 Å². The van der Waals surface area contributed by atoms with Gasteiger partial charge in [-0.15, -0.1) is 0 Å². The van der Waals surface area contributed by atoms with E-state index in [1.54, 1.807) is 0 Å². The fraction of sp³-hybridized carbons (Fsp3) is 0.684. The number of hydrogen-bond acceptors (Lipinski definition) is 3. The van der Waals surface area contributed by atoms with E-state index >= 15 is 0 Å². The lowest BCUT2D eigenvalue weighted by Gasteiger charge is -2.39. The summed E-state index contributed by atoms with van der Waals surface area (Å²) in [5.74, 6) is 1.14. The Morgan fingerprint density at radius 2 is 1.50 bits per heavy atom. The summed E-state index contributed by atoms with van der Waals surface area (Å²) in [6.45, 7) is 15.5. The quantitative estimate of drug-likeness (QED) is 0.902.